The molecule has 2 amide bonds. The molecule has 1 saturated carbocycles. The molecule has 1 aliphatic heterocycles. The Labute approximate surface area is 175 Å². The van der Waals surface area contributed by atoms with E-state index in [0.717, 1.165) is 11.8 Å². The molecule has 1 aliphatic carbocycles. The highest BCUT2D eigenvalue weighted by molar-refractivity contribution is 6.06. The largest absolute Gasteiger partial charge is 0.479 e. The average molecular weight is 409 g/mol. The van der Waals surface area contributed by atoms with E-state index < -0.39 is 28.9 Å². The molecule has 0 radical (unpaired) electrons. The summed E-state index contributed by atoms with van der Waals surface area (Å²) in [6.45, 7) is 6.04. The Morgan fingerprint density at radius 3 is 2.63 bits per heavy atom. The average Bonchev–Trinajstić information content (AvgIpc) is 3.30. The van der Waals surface area contributed by atoms with E-state index in [0.29, 0.717) is 24.8 Å². The van der Waals surface area contributed by atoms with Gasteiger partial charge >= 0.3 is 5.97 Å². The van der Waals surface area contributed by atoms with Crippen molar-refractivity contribution < 1.29 is 19.5 Å². The molecule has 2 N–H and O–H groups in total. The lowest BCUT2D eigenvalue weighted by Crippen LogP contribution is -2.61. The number of aliphatic carboxylic acids is 1. The number of nitrogens with zero attached hydrogens (tertiary/aromatic N) is 2. The summed E-state index contributed by atoms with van der Waals surface area (Å²) in [5, 5.41) is 14.3. The van der Waals surface area contributed by atoms with Crippen LogP contribution >= 0.6 is 0 Å². The van der Waals surface area contributed by atoms with Crippen molar-refractivity contribution in [1.82, 2.24) is 15.2 Å². The molecule has 1 aromatic carbocycles. The van der Waals surface area contributed by atoms with Gasteiger partial charge in [-0.05, 0) is 42.0 Å². The Balaban J connectivity index is 1.65. The summed E-state index contributed by atoms with van der Waals surface area (Å²) < 4.78 is 0. The number of hydrogen-bond acceptors (Lipinski definition) is 4. The molecule has 7 nitrogen and oxygen atoms in total. The van der Waals surface area contributed by atoms with Gasteiger partial charge in [-0.3, -0.25) is 14.6 Å². The predicted molar refractivity (Wildman–Crippen MR) is 112 cm³/mol. The maximum Gasteiger partial charge on any atom is 0.329 e. The van der Waals surface area contributed by atoms with Gasteiger partial charge in [0.05, 0.1) is 0 Å². The molecule has 30 heavy (non-hydrogen) atoms. The van der Waals surface area contributed by atoms with Crippen molar-refractivity contribution in [2.75, 3.05) is 6.54 Å². The van der Waals surface area contributed by atoms with Crippen LogP contribution in [0.2, 0.25) is 0 Å². The van der Waals surface area contributed by atoms with Gasteiger partial charge in [0, 0.05) is 18.1 Å². The first kappa shape index (κ1) is 20.3. The Morgan fingerprint density at radius 2 is 1.97 bits per heavy atom. The molecule has 2 bridgehead atoms. The Bertz CT molecular complexity index is 1020. The minimum atomic E-state index is -1.15. The van der Waals surface area contributed by atoms with Crippen LogP contribution in [0.3, 0.4) is 0 Å². The quantitative estimate of drug-likeness (QED) is 0.809. The molecule has 1 aromatic heterocycles. The fourth-order valence-corrected chi connectivity index (χ4v) is 4.87. The molecular formula is C23H27N3O4. The van der Waals surface area contributed by atoms with Crippen molar-refractivity contribution in [3.8, 4) is 0 Å². The van der Waals surface area contributed by atoms with E-state index in [2.05, 4.69) is 10.3 Å². The van der Waals surface area contributed by atoms with Gasteiger partial charge in [0.25, 0.3) is 5.91 Å². The van der Waals surface area contributed by atoms with Gasteiger partial charge < -0.3 is 15.3 Å². The number of carbonyl (C=O) groups excluding carboxylic acids is 2. The zero-order chi connectivity index (χ0) is 21.7. The van der Waals surface area contributed by atoms with Crippen LogP contribution in [0.4, 0.5) is 0 Å². The zero-order valence-electron chi connectivity index (χ0n) is 17.5. The van der Waals surface area contributed by atoms with Crippen molar-refractivity contribution >= 4 is 28.6 Å². The summed E-state index contributed by atoms with van der Waals surface area (Å²) in [6.07, 6.45) is 3.35. The summed E-state index contributed by atoms with van der Waals surface area (Å²) in [7, 11) is 0. The first-order chi connectivity index (χ1) is 14.1. The molecule has 3 atom stereocenters. The number of rotatable bonds is 4. The van der Waals surface area contributed by atoms with Crippen LogP contribution < -0.4 is 5.32 Å². The number of pyridine rings is 1. The third kappa shape index (κ3) is 3.22. The number of benzene rings is 1. The number of carboxylic acids is 1. The van der Waals surface area contributed by atoms with E-state index in [-0.39, 0.29) is 17.5 Å². The van der Waals surface area contributed by atoms with Gasteiger partial charge in [0.2, 0.25) is 5.91 Å². The molecule has 2 aromatic rings. The number of fused-ring (bicyclic) bond motifs is 3. The smallest absolute Gasteiger partial charge is 0.329 e. The molecule has 0 spiro atoms. The first-order valence-electron chi connectivity index (χ1n) is 10.3. The summed E-state index contributed by atoms with van der Waals surface area (Å²) in [4.78, 5) is 44.5. The van der Waals surface area contributed by atoms with E-state index in [9.17, 15) is 19.5 Å². The van der Waals surface area contributed by atoms with E-state index in [4.69, 9.17) is 0 Å². The lowest BCUT2D eigenvalue weighted by atomic mass is 9.84. The SMILES string of the molecule is CC(C)(C)[C@H](NC(=O)c1nccc2ccccc12)C(=O)N1C[C@@H]2CC[C@@]1(C(=O)O)C2. The number of piperidine rings is 1. The number of likely N-dealkylation sites (tertiary alicyclic amines) is 1. The maximum atomic E-state index is 13.5. The topological polar surface area (TPSA) is 99.6 Å². The van der Waals surface area contributed by atoms with Crippen LogP contribution in [0.25, 0.3) is 10.8 Å². The van der Waals surface area contributed by atoms with Gasteiger partial charge in [0.15, 0.2) is 0 Å². The van der Waals surface area contributed by atoms with Crippen molar-refractivity contribution in [3.63, 3.8) is 0 Å². The fraction of sp³-hybridized carbons (Fsp3) is 0.478. The molecule has 7 heteroatoms. The van der Waals surface area contributed by atoms with Gasteiger partial charge in [-0.15, -0.1) is 0 Å². The number of amides is 2. The van der Waals surface area contributed by atoms with Crippen LogP contribution in [0.1, 0.15) is 50.5 Å². The van der Waals surface area contributed by atoms with Crippen molar-refractivity contribution in [2.45, 2.75) is 51.6 Å². The molecule has 4 rings (SSSR count). The number of nitrogens with one attached hydrogen (secondary N) is 1. The molecule has 158 valence electrons. The van der Waals surface area contributed by atoms with Gasteiger partial charge in [0.1, 0.15) is 17.3 Å². The third-order valence-electron chi connectivity index (χ3n) is 6.49. The van der Waals surface area contributed by atoms with Gasteiger partial charge in [-0.2, -0.15) is 0 Å². The van der Waals surface area contributed by atoms with Crippen molar-refractivity contribution in [2.24, 2.45) is 11.3 Å². The zero-order valence-corrected chi connectivity index (χ0v) is 17.5. The molecule has 2 fully saturated rings. The number of hydrogen-bond donors (Lipinski definition) is 2. The summed E-state index contributed by atoms with van der Waals surface area (Å²) >= 11 is 0. The van der Waals surface area contributed by atoms with E-state index in [1.54, 1.807) is 6.20 Å². The maximum absolute atomic E-state index is 13.5. The predicted octanol–water partition coefficient (Wildman–Crippen LogP) is 2.85. The van der Waals surface area contributed by atoms with Crippen molar-refractivity contribution in [1.29, 1.82) is 0 Å². The standard InChI is InChI=1S/C23H27N3O4/c1-22(2,3)18(20(28)26-13-14-8-10-23(26,12-14)21(29)30)25-19(27)17-16-7-5-4-6-15(16)9-11-24-17/h4-7,9,11,14,18H,8,10,12-13H2,1-3H3,(H,25,27)(H,29,30)/t14-,18-,23+/m1/s1. The highest BCUT2D eigenvalue weighted by atomic mass is 16.4. The van der Waals surface area contributed by atoms with Crippen LogP contribution in [0.5, 0.6) is 0 Å². The third-order valence-corrected chi connectivity index (χ3v) is 6.49. The number of carbonyl (C=O) groups is 3. The molecule has 1 saturated heterocycles. The van der Waals surface area contributed by atoms with Crippen molar-refractivity contribution in [3.05, 3.63) is 42.2 Å². The summed E-state index contributed by atoms with van der Waals surface area (Å²) in [5.41, 5.74) is -1.49. The lowest BCUT2D eigenvalue weighted by molar-refractivity contribution is -0.159. The highest BCUT2D eigenvalue weighted by Crippen LogP contribution is 2.47. The van der Waals surface area contributed by atoms with Crippen LogP contribution in [0, 0.1) is 11.3 Å². The fourth-order valence-electron chi connectivity index (χ4n) is 4.87. The van der Waals surface area contributed by atoms with Crippen LogP contribution in [-0.4, -0.2) is 50.9 Å². The van der Waals surface area contributed by atoms with Gasteiger partial charge in [-0.1, -0.05) is 45.0 Å². The second kappa shape index (κ2) is 7.07. The molecule has 0 unspecified atom stereocenters. The minimum absolute atomic E-state index is 0.209. The molecular weight excluding hydrogens is 382 g/mol. The van der Waals surface area contributed by atoms with Crippen LogP contribution in [0.15, 0.2) is 36.5 Å². The number of aromatic nitrogens is 1. The summed E-state index contributed by atoms with van der Waals surface area (Å²) in [6, 6.07) is 8.42. The Morgan fingerprint density at radius 1 is 1.23 bits per heavy atom. The first-order valence-corrected chi connectivity index (χ1v) is 10.3. The minimum Gasteiger partial charge on any atom is -0.479 e. The second-order valence-corrected chi connectivity index (χ2v) is 9.55. The highest BCUT2D eigenvalue weighted by Gasteiger charge is 2.59. The second-order valence-electron chi connectivity index (χ2n) is 9.55. The van der Waals surface area contributed by atoms with E-state index >= 15 is 0 Å². The van der Waals surface area contributed by atoms with Gasteiger partial charge in [-0.25, -0.2) is 4.79 Å². The Kier molecular flexibility index (Phi) is 4.79. The lowest BCUT2D eigenvalue weighted by Gasteiger charge is -2.40. The Hall–Kier alpha value is -2.96. The van der Waals surface area contributed by atoms with E-state index in [1.807, 2.05) is 51.1 Å². The molecule has 2 aliphatic rings. The van der Waals surface area contributed by atoms with E-state index in [1.165, 1.54) is 4.90 Å². The monoisotopic (exact) mass is 409 g/mol. The molecule has 2 heterocycles. The normalized spacial score (nSPS) is 24.1. The number of carboxylic acid groups (broad SMARTS) is 1. The van der Waals surface area contributed by atoms with Crippen LogP contribution in [-0.2, 0) is 9.59 Å². The summed E-state index contributed by atoms with van der Waals surface area (Å²) in [5.74, 6) is -1.51.